The van der Waals surface area contributed by atoms with Crippen LogP contribution in [0.3, 0.4) is 0 Å². The molecule has 3 atom stereocenters. The summed E-state index contributed by atoms with van der Waals surface area (Å²) in [6, 6.07) is 2.54. The molecule has 0 unspecified atom stereocenters. The summed E-state index contributed by atoms with van der Waals surface area (Å²) < 4.78 is 11.7. The minimum absolute atomic E-state index is 0.0126. The second-order valence-electron chi connectivity index (χ2n) is 6.76. The van der Waals surface area contributed by atoms with Crippen molar-refractivity contribution in [2.75, 3.05) is 13.2 Å². The van der Waals surface area contributed by atoms with Gasteiger partial charge >= 0.3 is 0 Å². The van der Waals surface area contributed by atoms with E-state index in [2.05, 4.69) is 32.6 Å². The van der Waals surface area contributed by atoms with Gasteiger partial charge in [-0.25, -0.2) is 0 Å². The molecule has 2 fully saturated rings. The first kappa shape index (κ1) is 13.9. The fourth-order valence-corrected chi connectivity index (χ4v) is 3.95. The lowest BCUT2D eigenvalue weighted by Crippen LogP contribution is -2.45. The van der Waals surface area contributed by atoms with Crippen LogP contribution in [0.15, 0.2) is 23.8 Å². The summed E-state index contributed by atoms with van der Waals surface area (Å²) in [4.78, 5) is 0. The van der Waals surface area contributed by atoms with Crippen LogP contribution in [-0.4, -0.2) is 19.0 Å². The number of rotatable bonds is 1. The standard InChI is InChI=1S/C17H23NO2/c1-12(2)13-8-14-10-17(19-6-7-20-17)5-4-16(14,3)15(9-13)11-18/h8,13,15H,1,4-7,9-10H2,2-3H3/t13-,15-,16-/m0/s1. The lowest BCUT2D eigenvalue weighted by molar-refractivity contribution is -0.179. The Morgan fingerprint density at radius 1 is 1.40 bits per heavy atom. The Bertz CT molecular complexity index is 496. The highest BCUT2D eigenvalue weighted by atomic mass is 16.7. The average molecular weight is 273 g/mol. The predicted octanol–water partition coefficient (Wildman–Crippen LogP) is 3.58. The fourth-order valence-electron chi connectivity index (χ4n) is 3.95. The van der Waals surface area contributed by atoms with Gasteiger partial charge in [0.2, 0.25) is 0 Å². The van der Waals surface area contributed by atoms with Crippen molar-refractivity contribution >= 4 is 0 Å². The second kappa shape index (κ2) is 4.72. The van der Waals surface area contributed by atoms with Gasteiger partial charge in [0.1, 0.15) is 0 Å². The van der Waals surface area contributed by atoms with Gasteiger partial charge in [0.25, 0.3) is 0 Å². The van der Waals surface area contributed by atoms with Crippen molar-refractivity contribution in [2.24, 2.45) is 17.3 Å². The normalized spacial score (nSPS) is 39.0. The van der Waals surface area contributed by atoms with Crippen molar-refractivity contribution < 1.29 is 9.47 Å². The third-order valence-electron chi connectivity index (χ3n) is 5.48. The van der Waals surface area contributed by atoms with E-state index in [1.54, 1.807) is 0 Å². The third kappa shape index (κ3) is 2.03. The molecule has 1 saturated heterocycles. The van der Waals surface area contributed by atoms with Gasteiger partial charge in [0, 0.05) is 18.3 Å². The van der Waals surface area contributed by atoms with Crippen molar-refractivity contribution in [3.05, 3.63) is 23.8 Å². The Morgan fingerprint density at radius 2 is 2.10 bits per heavy atom. The molecule has 1 heterocycles. The first-order valence-electron chi connectivity index (χ1n) is 7.53. The number of hydrogen-bond acceptors (Lipinski definition) is 3. The Labute approximate surface area is 121 Å². The van der Waals surface area contributed by atoms with Gasteiger partial charge in [0.05, 0.1) is 25.2 Å². The summed E-state index contributed by atoms with van der Waals surface area (Å²) in [6.45, 7) is 9.76. The van der Waals surface area contributed by atoms with Gasteiger partial charge in [-0.3, -0.25) is 0 Å². The van der Waals surface area contributed by atoms with Crippen LogP contribution in [0.25, 0.3) is 0 Å². The summed E-state index contributed by atoms with van der Waals surface area (Å²) in [5.74, 6) is -0.0234. The number of nitriles is 1. The molecule has 0 amide bonds. The molecule has 3 nitrogen and oxygen atoms in total. The number of nitrogens with zero attached hydrogens (tertiary/aromatic N) is 1. The molecule has 1 aliphatic heterocycles. The highest BCUT2D eigenvalue weighted by molar-refractivity contribution is 5.30. The molecule has 108 valence electrons. The molecule has 2 aliphatic carbocycles. The van der Waals surface area contributed by atoms with E-state index in [0.29, 0.717) is 19.1 Å². The van der Waals surface area contributed by atoms with E-state index >= 15 is 0 Å². The van der Waals surface area contributed by atoms with Crippen molar-refractivity contribution in [1.29, 1.82) is 5.26 Å². The van der Waals surface area contributed by atoms with E-state index in [1.807, 2.05) is 0 Å². The van der Waals surface area contributed by atoms with E-state index < -0.39 is 5.79 Å². The van der Waals surface area contributed by atoms with Crippen LogP contribution in [0.5, 0.6) is 0 Å². The highest BCUT2D eigenvalue weighted by Gasteiger charge is 2.52. The van der Waals surface area contributed by atoms with Gasteiger partial charge < -0.3 is 9.47 Å². The summed E-state index contributed by atoms with van der Waals surface area (Å²) in [6.07, 6.45) is 5.92. The monoisotopic (exact) mass is 273 g/mol. The zero-order valence-electron chi connectivity index (χ0n) is 12.4. The SMILES string of the molecule is C=C(C)[C@H]1C=C2CC3(CC[C@]2(C)[C@H](C#N)C1)OCCO3. The van der Waals surface area contributed by atoms with Gasteiger partial charge in [-0.05, 0) is 25.7 Å². The lowest BCUT2D eigenvalue weighted by atomic mass is 9.57. The first-order valence-corrected chi connectivity index (χ1v) is 7.53. The van der Waals surface area contributed by atoms with Crippen LogP contribution >= 0.6 is 0 Å². The summed E-state index contributed by atoms with van der Waals surface area (Å²) in [5, 5.41) is 9.58. The minimum Gasteiger partial charge on any atom is -0.347 e. The predicted molar refractivity (Wildman–Crippen MR) is 76.7 cm³/mol. The van der Waals surface area contributed by atoms with Crippen LogP contribution in [0.2, 0.25) is 0 Å². The smallest absolute Gasteiger partial charge is 0.172 e. The van der Waals surface area contributed by atoms with Crippen LogP contribution < -0.4 is 0 Å². The zero-order chi connectivity index (χ0) is 14.4. The largest absolute Gasteiger partial charge is 0.347 e. The third-order valence-corrected chi connectivity index (χ3v) is 5.48. The van der Waals surface area contributed by atoms with E-state index in [9.17, 15) is 5.26 Å². The topological polar surface area (TPSA) is 42.2 Å². The summed E-state index contributed by atoms with van der Waals surface area (Å²) in [5.41, 5.74) is 2.48. The van der Waals surface area contributed by atoms with Gasteiger partial charge in [0.15, 0.2) is 5.79 Å². The molecule has 0 aromatic heterocycles. The maximum Gasteiger partial charge on any atom is 0.172 e. The molecule has 1 saturated carbocycles. The Balaban J connectivity index is 1.95. The van der Waals surface area contributed by atoms with Gasteiger partial charge in [-0.2, -0.15) is 5.26 Å². The van der Waals surface area contributed by atoms with Crippen molar-refractivity contribution in [3.63, 3.8) is 0 Å². The van der Waals surface area contributed by atoms with E-state index in [1.165, 1.54) is 5.57 Å². The zero-order valence-corrected chi connectivity index (χ0v) is 12.4. The molecule has 0 radical (unpaired) electrons. The van der Waals surface area contributed by atoms with Crippen LogP contribution in [0.1, 0.15) is 39.5 Å². The van der Waals surface area contributed by atoms with Gasteiger partial charge in [-0.15, -0.1) is 0 Å². The minimum atomic E-state index is -0.414. The Morgan fingerprint density at radius 3 is 2.70 bits per heavy atom. The number of ether oxygens (including phenoxy) is 2. The molecule has 3 aliphatic rings. The molecule has 20 heavy (non-hydrogen) atoms. The van der Waals surface area contributed by atoms with Crippen molar-refractivity contribution in [1.82, 2.24) is 0 Å². The Hall–Kier alpha value is -1.11. The number of allylic oxidation sites excluding steroid dienone is 2. The van der Waals surface area contributed by atoms with E-state index in [4.69, 9.17) is 9.47 Å². The lowest BCUT2D eigenvalue weighted by Gasteiger charge is -2.49. The fraction of sp³-hybridized carbons (Fsp3) is 0.706. The van der Waals surface area contributed by atoms with Crippen LogP contribution in [0.4, 0.5) is 0 Å². The summed E-state index contributed by atoms with van der Waals surface area (Å²) >= 11 is 0. The summed E-state index contributed by atoms with van der Waals surface area (Å²) in [7, 11) is 0. The molecule has 0 aromatic rings. The van der Waals surface area contributed by atoms with E-state index in [-0.39, 0.29) is 11.3 Å². The van der Waals surface area contributed by atoms with Crippen molar-refractivity contribution in [2.45, 2.75) is 45.3 Å². The first-order chi connectivity index (χ1) is 9.49. The van der Waals surface area contributed by atoms with Crippen LogP contribution in [-0.2, 0) is 9.47 Å². The van der Waals surface area contributed by atoms with Gasteiger partial charge in [-0.1, -0.05) is 30.7 Å². The maximum absolute atomic E-state index is 9.58. The average Bonchev–Trinajstić information content (AvgIpc) is 2.87. The second-order valence-corrected chi connectivity index (χ2v) is 6.76. The quantitative estimate of drug-likeness (QED) is 0.686. The number of hydrogen-bond donors (Lipinski definition) is 0. The number of fused-ring (bicyclic) bond motifs is 1. The molecule has 1 spiro atoms. The maximum atomic E-state index is 9.58. The van der Waals surface area contributed by atoms with Crippen molar-refractivity contribution in [3.8, 4) is 6.07 Å². The molecule has 3 heteroatoms. The van der Waals surface area contributed by atoms with E-state index in [0.717, 1.165) is 31.3 Å². The molecule has 0 N–H and O–H groups in total. The molecule has 0 bridgehead atoms. The molecular formula is C17H23NO2. The molecule has 0 aromatic carbocycles. The molecular weight excluding hydrogens is 250 g/mol. The Kier molecular flexibility index (Phi) is 3.27. The highest BCUT2D eigenvalue weighted by Crippen LogP contribution is 2.56. The van der Waals surface area contributed by atoms with Crippen LogP contribution in [0, 0.1) is 28.6 Å². The molecule has 3 rings (SSSR count).